The molecule has 1 saturated heterocycles. The van der Waals surface area contributed by atoms with E-state index in [4.69, 9.17) is 0 Å². The van der Waals surface area contributed by atoms with Crippen molar-refractivity contribution in [1.29, 1.82) is 0 Å². The molecule has 18 heavy (non-hydrogen) atoms. The van der Waals surface area contributed by atoms with E-state index in [-0.39, 0.29) is 0 Å². The van der Waals surface area contributed by atoms with Crippen LogP contribution in [0.25, 0.3) is 0 Å². The van der Waals surface area contributed by atoms with Crippen LogP contribution in [0, 0.1) is 0 Å². The molecule has 1 N–H and O–H groups in total. The van der Waals surface area contributed by atoms with Crippen molar-refractivity contribution in [3.05, 3.63) is 12.2 Å². The second kappa shape index (κ2) is 6.85. The molecule has 1 aromatic heterocycles. The van der Waals surface area contributed by atoms with Crippen molar-refractivity contribution in [2.24, 2.45) is 7.05 Å². The molecule has 2 rings (SSSR count). The van der Waals surface area contributed by atoms with Crippen LogP contribution in [-0.4, -0.2) is 45.3 Å². The predicted molar refractivity (Wildman–Crippen MR) is 72.2 cm³/mol. The molecule has 1 unspecified atom stereocenters. The van der Waals surface area contributed by atoms with Gasteiger partial charge in [-0.1, -0.05) is 13.3 Å². The zero-order valence-corrected chi connectivity index (χ0v) is 11.6. The lowest BCUT2D eigenvalue weighted by atomic mass is 10.0. The summed E-state index contributed by atoms with van der Waals surface area (Å²) in [6.45, 7) is 6.57. The van der Waals surface area contributed by atoms with Crippen LogP contribution in [0.5, 0.6) is 0 Å². The van der Waals surface area contributed by atoms with Gasteiger partial charge in [0.05, 0.1) is 6.54 Å². The fraction of sp³-hybridized carbons (Fsp3) is 0.846. The molecular weight excluding hydrogens is 226 g/mol. The summed E-state index contributed by atoms with van der Waals surface area (Å²) >= 11 is 0. The second-order valence-electron chi connectivity index (χ2n) is 5.18. The summed E-state index contributed by atoms with van der Waals surface area (Å²) in [4.78, 5) is 6.81. The quantitative estimate of drug-likeness (QED) is 0.824. The summed E-state index contributed by atoms with van der Waals surface area (Å²) in [5.74, 6) is 1.05. The molecule has 2 heterocycles. The van der Waals surface area contributed by atoms with Crippen molar-refractivity contribution in [3.8, 4) is 0 Å². The first-order valence-electron chi connectivity index (χ1n) is 7.08. The van der Waals surface area contributed by atoms with E-state index in [1.54, 1.807) is 6.33 Å². The van der Waals surface area contributed by atoms with E-state index in [0.29, 0.717) is 6.04 Å². The van der Waals surface area contributed by atoms with Gasteiger partial charge >= 0.3 is 0 Å². The largest absolute Gasteiger partial charge is 0.313 e. The van der Waals surface area contributed by atoms with E-state index in [0.717, 1.165) is 25.5 Å². The van der Waals surface area contributed by atoms with Crippen LogP contribution in [0.4, 0.5) is 0 Å². The maximum absolute atomic E-state index is 4.32. The molecule has 0 aliphatic carbocycles. The number of aryl methyl sites for hydroxylation is 1. The fourth-order valence-electron chi connectivity index (χ4n) is 2.61. The lowest BCUT2D eigenvalue weighted by Gasteiger charge is -2.30. The van der Waals surface area contributed by atoms with Gasteiger partial charge in [-0.3, -0.25) is 9.58 Å². The number of hydrogen-bond acceptors (Lipinski definition) is 4. The first-order valence-corrected chi connectivity index (χ1v) is 7.08. The van der Waals surface area contributed by atoms with Gasteiger partial charge in [0.25, 0.3) is 0 Å². The van der Waals surface area contributed by atoms with Gasteiger partial charge in [-0.25, -0.2) is 4.98 Å². The Morgan fingerprint density at radius 3 is 3.00 bits per heavy atom. The Labute approximate surface area is 110 Å². The van der Waals surface area contributed by atoms with Crippen LogP contribution < -0.4 is 5.32 Å². The van der Waals surface area contributed by atoms with E-state index in [1.165, 1.54) is 32.2 Å². The molecule has 1 fully saturated rings. The van der Waals surface area contributed by atoms with Crippen molar-refractivity contribution in [1.82, 2.24) is 25.0 Å². The lowest BCUT2D eigenvalue weighted by molar-refractivity contribution is 0.210. The van der Waals surface area contributed by atoms with Crippen LogP contribution >= 0.6 is 0 Å². The SMILES string of the molecule is CCCN(Cc1ncnn1C)CC1CCCCN1. The van der Waals surface area contributed by atoms with Crippen LogP contribution in [0.2, 0.25) is 0 Å². The fourth-order valence-corrected chi connectivity index (χ4v) is 2.61. The van der Waals surface area contributed by atoms with Crippen LogP contribution in [0.1, 0.15) is 38.4 Å². The number of nitrogens with one attached hydrogen (secondary N) is 1. The number of aromatic nitrogens is 3. The average Bonchev–Trinajstić information content (AvgIpc) is 2.77. The third-order valence-electron chi connectivity index (χ3n) is 3.60. The Kier molecular flexibility index (Phi) is 5.13. The molecule has 0 bridgehead atoms. The maximum Gasteiger partial charge on any atom is 0.140 e. The topological polar surface area (TPSA) is 46.0 Å². The molecule has 102 valence electrons. The number of nitrogens with zero attached hydrogens (tertiary/aromatic N) is 4. The average molecular weight is 251 g/mol. The second-order valence-corrected chi connectivity index (χ2v) is 5.18. The molecular formula is C13H25N5. The van der Waals surface area contributed by atoms with Gasteiger partial charge < -0.3 is 5.32 Å². The highest BCUT2D eigenvalue weighted by atomic mass is 15.3. The normalized spacial score (nSPS) is 20.5. The smallest absolute Gasteiger partial charge is 0.140 e. The molecule has 1 aromatic rings. The zero-order valence-electron chi connectivity index (χ0n) is 11.6. The Morgan fingerprint density at radius 1 is 1.50 bits per heavy atom. The van der Waals surface area contributed by atoms with Gasteiger partial charge in [-0.05, 0) is 32.4 Å². The van der Waals surface area contributed by atoms with Crippen LogP contribution in [0.15, 0.2) is 6.33 Å². The summed E-state index contributed by atoms with van der Waals surface area (Å²) in [7, 11) is 1.96. The minimum Gasteiger partial charge on any atom is -0.313 e. The van der Waals surface area contributed by atoms with Crippen LogP contribution in [-0.2, 0) is 13.6 Å². The van der Waals surface area contributed by atoms with Crippen molar-refractivity contribution in [2.45, 2.75) is 45.2 Å². The van der Waals surface area contributed by atoms with Gasteiger partial charge in [-0.2, -0.15) is 5.10 Å². The van der Waals surface area contributed by atoms with Gasteiger partial charge in [0, 0.05) is 19.6 Å². The van der Waals surface area contributed by atoms with E-state index in [2.05, 4.69) is 27.2 Å². The summed E-state index contributed by atoms with van der Waals surface area (Å²) in [6, 6.07) is 0.651. The number of hydrogen-bond donors (Lipinski definition) is 1. The molecule has 0 spiro atoms. The molecule has 1 atom stereocenters. The Hall–Kier alpha value is -0.940. The summed E-state index contributed by atoms with van der Waals surface area (Å²) in [5.41, 5.74) is 0. The lowest BCUT2D eigenvalue weighted by Crippen LogP contribution is -2.43. The summed E-state index contributed by atoms with van der Waals surface area (Å²) in [6.07, 6.45) is 6.82. The molecule has 0 amide bonds. The molecule has 1 aliphatic heterocycles. The van der Waals surface area contributed by atoms with Crippen molar-refractivity contribution >= 4 is 0 Å². The minimum absolute atomic E-state index is 0.651. The molecule has 0 radical (unpaired) electrons. The highest BCUT2D eigenvalue weighted by Gasteiger charge is 2.17. The Bertz CT molecular complexity index is 343. The third-order valence-corrected chi connectivity index (χ3v) is 3.60. The predicted octanol–water partition coefficient (Wildman–Crippen LogP) is 1.17. The zero-order chi connectivity index (χ0) is 12.8. The first kappa shape index (κ1) is 13.5. The van der Waals surface area contributed by atoms with E-state index in [1.807, 2.05) is 11.7 Å². The van der Waals surface area contributed by atoms with Crippen molar-refractivity contribution in [3.63, 3.8) is 0 Å². The minimum atomic E-state index is 0.651. The molecule has 5 heteroatoms. The summed E-state index contributed by atoms with van der Waals surface area (Å²) in [5, 5.41) is 7.76. The Balaban J connectivity index is 1.88. The van der Waals surface area contributed by atoms with E-state index in [9.17, 15) is 0 Å². The van der Waals surface area contributed by atoms with Gasteiger partial charge in [0.1, 0.15) is 12.2 Å². The number of rotatable bonds is 6. The number of piperidine rings is 1. The standard InChI is InChI=1S/C13H25N5/c1-3-8-18(9-12-6-4-5-7-14-12)10-13-15-11-16-17(13)2/h11-12,14H,3-10H2,1-2H3. The van der Waals surface area contributed by atoms with Crippen LogP contribution in [0.3, 0.4) is 0 Å². The van der Waals surface area contributed by atoms with Gasteiger partial charge in [0.15, 0.2) is 0 Å². The monoisotopic (exact) mass is 251 g/mol. The third kappa shape index (κ3) is 3.78. The molecule has 0 aromatic carbocycles. The first-order chi connectivity index (χ1) is 8.79. The van der Waals surface area contributed by atoms with Gasteiger partial charge in [-0.15, -0.1) is 0 Å². The molecule has 1 aliphatic rings. The van der Waals surface area contributed by atoms with E-state index < -0.39 is 0 Å². The molecule has 5 nitrogen and oxygen atoms in total. The highest BCUT2D eigenvalue weighted by Crippen LogP contribution is 2.10. The van der Waals surface area contributed by atoms with E-state index >= 15 is 0 Å². The Morgan fingerprint density at radius 2 is 2.39 bits per heavy atom. The molecule has 0 saturated carbocycles. The van der Waals surface area contributed by atoms with Crippen molar-refractivity contribution in [2.75, 3.05) is 19.6 Å². The van der Waals surface area contributed by atoms with Gasteiger partial charge in [0.2, 0.25) is 0 Å². The summed E-state index contributed by atoms with van der Waals surface area (Å²) < 4.78 is 1.87. The highest BCUT2D eigenvalue weighted by molar-refractivity contribution is 4.85. The maximum atomic E-state index is 4.32. The van der Waals surface area contributed by atoms with Crippen molar-refractivity contribution < 1.29 is 0 Å².